The zero-order chi connectivity index (χ0) is 20.1. The number of likely N-dealkylation sites (tertiary alicyclic amines) is 2. The Morgan fingerprint density at radius 1 is 1.10 bits per heavy atom. The van der Waals surface area contributed by atoms with Crippen LogP contribution in [0.2, 0.25) is 0 Å². The smallest absolute Gasteiger partial charge is 0.225 e. The van der Waals surface area contributed by atoms with Crippen LogP contribution in [0, 0.1) is 5.92 Å². The number of nitrogens with one attached hydrogen (secondary N) is 1. The average Bonchev–Trinajstić information content (AvgIpc) is 3.40. The van der Waals surface area contributed by atoms with E-state index in [0.29, 0.717) is 19.6 Å². The van der Waals surface area contributed by atoms with Crippen molar-refractivity contribution in [3.63, 3.8) is 0 Å². The van der Waals surface area contributed by atoms with Crippen LogP contribution in [0.25, 0.3) is 0 Å². The van der Waals surface area contributed by atoms with Crippen molar-refractivity contribution in [2.24, 2.45) is 5.92 Å². The van der Waals surface area contributed by atoms with E-state index in [1.54, 1.807) is 11.2 Å². The molecule has 1 N–H and O–H groups in total. The van der Waals surface area contributed by atoms with Crippen molar-refractivity contribution >= 4 is 11.8 Å². The van der Waals surface area contributed by atoms with E-state index in [1.807, 2.05) is 42.5 Å². The van der Waals surface area contributed by atoms with Crippen LogP contribution in [0.1, 0.15) is 43.0 Å². The lowest BCUT2D eigenvalue weighted by atomic mass is 10.1. The minimum Gasteiger partial charge on any atom is -0.468 e. The summed E-state index contributed by atoms with van der Waals surface area (Å²) in [5.41, 5.74) is 1.09. The Morgan fingerprint density at radius 2 is 1.90 bits per heavy atom. The molecular weight excluding hydrogens is 366 g/mol. The molecule has 6 heteroatoms. The van der Waals surface area contributed by atoms with Gasteiger partial charge in [0.05, 0.1) is 18.2 Å². The fourth-order valence-electron chi connectivity index (χ4n) is 4.37. The monoisotopic (exact) mass is 395 g/mol. The normalized spacial score (nSPS) is 21.3. The summed E-state index contributed by atoms with van der Waals surface area (Å²) in [4.78, 5) is 29.4. The number of amides is 2. The summed E-state index contributed by atoms with van der Waals surface area (Å²) >= 11 is 0. The van der Waals surface area contributed by atoms with Gasteiger partial charge in [0.1, 0.15) is 5.76 Å². The molecule has 1 aromatic carbocycles. The fourth-order valence-corrected chi connectivity index (χ4v) is 4.37. The van der Waals surface area contributed by atoms with Crippen LogP contribution in [-0.2, 0) is 16.1 Å². The van der Waals surface area contributed by atoms with Gasteiger partial charge in [-0.2, -0.15) is 0 Å². The number of carbonyl (C=O) groups is 2. The largest absolute Gasteiger partial charge is 0.468 e. The van der Waals surface area contributed by atoms with Gasteiger partial charge in [0.15, 0.2) is 0 Å². The number of nitrogens with zero attached hydrogens (tertiary/aromatic N) is 2. The van der Waals surface area contributed by atoms with Gasteiger partial charge in [-0.3, -0.25) is 14.5 Å². The molecule has 6 nitrogen and oxygen atoms in total. The fraction of sp³-hybridized carbons (Fsp3) is 0.478. The van der Waals surface area contributed by atoms with E-state index in [0.717, 1.165) is 24.4 Å². The maximum atomic E-state index is 12.8. The third-order valence-electron chi connectivity index (χ3n) is 5.97. The third kappa shape index (κ3) is 4.88. The number of furan rings is 1. The zero-order valence-electron chi connectivity index (χ0n) is 16.8. The first kappa shape index (κ1) is 19.7. The first-order valence-electron chi connectivity index (χ1n) is 10.6. The predicted molar refractivity (Wildman–Crippen MR) is 110 cm³/mol. The molecule has 2 aromatic rings. The summed E-state index contributed by atoms with van der Waals surface area (Å²) in [7, 11) is 0. The van der Waals surface area contributed by atoms with Crippen molar-refractivity contribution in [2.75, 3.05) is 26.2 Å². The van der Waals surface area contributed by atoms with Gasteiger partial charge < -0.3 is 14.6 Å². The molecular formula is C23H29N3O3. The molecule has 2 amide bonds. The van der Waals surface area contributed by atoms with Gasteiger partial charge in [0.2, 0.25) is 11.8 Å². The first-order valence-corrected chi connectivity index (χ1v) is 10.6. The van der Waals surface area contributed by atoms with Crippen molar-refractivity contribution in [3.8, 4) is 0 Å². The van der Waals surface area contributed by atoms with Gasteiger partial charge >= 0.3 is 0 Å². The second-order valence-electron chi connectivity index (χ2n) is 8.03. The van der Waals surface area contributed by atoms with Gasteiger partial charge in [-0.15, -0.1) is 0 Å². The van der Waals surface area contributed by atoms with E-state index < -0.39 is 0 Å². The Labute approximate surface area is 171 Å². The van der Waals surface area contributed by atoms with Gasteiger partial charge in [0, 0.05) is 26.1 Å². The van der Waals surface area contributed by atoms with Crippen LogP contribution in [0.5, 0.6) is 0 Å². The molecule has 2 atom stereocenters. The summed E-state index contributed by atoms with van der Waals surface area (Å²) in [6.07, 6.45) is 5.58. The molecule has 2 fully saturated rings. The summed E-state index contributed by atoms with van der Waals surface area (Å²) in [6.45, 7) is 3.60. The van der Waals surface area contributed by atoms with E-state index >= 15 is 0 Å². The Kier molecular flexibility index (Phi) is 6.30. The molecule has 2 unspecified atom stereocenters. The quantitative estimate of drug-likeness (QED) is 0.783. The minimum atomic E-state index is -0.287. The standard InChI is InChI=1S/C23H29N3O3/c27-22-14-19(17-26(22)16-18-8-3-1-4-9-18)23(28)24-15-20(21-10-7-13-29-21)25-11-5-2-6-12-25/h1,3-4,7-10,13,19-20H,2,5-6,11-12,14-17H2,(H,24,28). The average molecular weight is 396 g/mol. The molecule has 0 spiro atoms. The number of hydrogen-bond acceptors (Lipinski definition) is 4. The Bertz CT molecular complexity index is 800. The molecule has 2 saturated heterocycles. The van der Waals surface area contributed by atoms with Gasteiger partial charge in [-0.05, 0) is 43.6 Å². The van der Waals surface area contributed by atoms with Crippen LogP contribution < -0.4 is 5.32 Å². The SMILES string of the molecule is O=C(NCC(c1ccco1)N1CCCCC1)C1CC(=O)N(Cc2ccccc2)C1. The second-order valence-corrected chi connectivity index (χ2v) is 8.03. The maximum absolute atomic E-state index is 12.8. The van der Waals surface area contributed by atoms with E-state index in [4.69, 9.17) is 4.42 Å². The van der Waals surface area contributed by atoms with Crippen LogP contribution in [0.3, 0.4) is 0 Å². The van der Waals surface area contributed by atoms with E-state index in [-0.39, 0.29) is 30.2 Å². The second kappa shape index (κ2) is 9.27. The van der Waals surface area contributed by atoms with Gasteiger partial charge in [-0.1, -0.05) is 36.8 Å². The molecule has 0 saturated carbocycles. The molecule has 0 radical (unpaired) electrons. The molecule has 3 heterocycles. The Balaban J connectivity index is 1.34. The summed E-state index contributed by atoms with van der Waals surface area (Å²) in [5.74, 6) is 0.611. The van der Waals surface area contributed by atoms with Crippen LogP contribution in [0.4, 0.5) is 0 Å². The number of hydrogen-bond donors (Lipinski definition) is 1. The highest BCUT2D eigenvalue weighted by Gasteiger charge is 2.35. The summed E-state index contributed by atoms with van der Waals surface area (Å²) in [6, 6.07) is 13.8. The van der Waals surface area contributed by atoms with Crippen LogP contribution >= 0.6 is 0 Å². The number of benzene rings is 1. The third-order valence-corrected chi connectivity index (χ3v) is 5.97. The van der Waals surface area contributed by atoms with Crippen molar-refractivity contribution < 1.29 is 14.0 Å². The molecule has 0 aliphatic carbocycles. The lowest BCUT2D eigenvalue weighted by Crippen LogP contribution is -2.42. The number of piperidine rings is 1. The van der Waals surface area contributed by atoms with Crippen molar-refractivity contribution in [2.45, 2.75) is 38.3 Å². The molecule has 1 aromatic heterocycles. The predicted octanol–water partition coefficient (Wildman–Crippen LogP) is 2.97. The molecule has 154 valence electrons. The molecule has 2 aliphatic heterocycles. The lowest BCUT2D eigenvalue weighted by Gasteiger charge is -2.33. The maximum Gasteiger partial charge on any atom is 0.225 e. The summed E-state index contributed by atoms with van der Waals surface area (Å²) < 4.78 is 5.65. The van der Waals surface area contributed by atoms with Crippen LogP contribution in [0.15, 0.2) is 53.1 Å². The topological polar surface area (TPSA) is 65.8 Å². The van der Waals surface area contributed by atoms with Crippen molar-refractivity contribution in [3.05, 3.63) is 60.1 Å². The zero-order valence-corrected chi connectivity index (χ0v) is 16.8. The van der Waals surface area contributed by atoms with Crippen molar-refractivity contribution in [1.82, 2.24) is 15.1 Å². The number of rotatable bonds is 7. The highest BCUT2D eigenvalue weighted by molar-refractivity contribution is 5.89. The Morgan fingerprint density at radius 3 is 2.62 bits per heavy atom. The minimum absolute atomic E-state index is 0.0394. The first-order chi connectivity index (χ1) is 14.2. The van der Waals surface area contributed by atoms with Gasteiger partial charge in [-0.25, -0.2) is 0 Å². The highest BCUT2D eigenvalue weighted by atomic mass is 16.3. The molecule has 0 bridgehead atoms. The van der Waals surface area contributed by atoms with Crippen LogP contribution in [-0.4, -0.2) is 47.8 Å². The van der Waals surface area contributed by atoms with Crippen molar-refractivity contribution in [1.29, 1.82) is 0 Å². The highest BCUT2D eigenvalue weighted by Crippen LogP contribution is 2.25. The molecule has 4 rings (SSSR count). The molecule has 29 heavy (non-hydrogen) atoms. The molecule has 2 aliphatic rings. The van der Waals surface area contributed by atoms with Gasteiger partial charge in [0.25, 0.3) is 0 Å². The summed E-state index contributed by atoms with van der Waals surface area (Å²) in [5, 5.41) is 3.10. The van der Waals surface area contributed by atoms with E-state index in [1.165, 1.54) is 19.3 Å². The van der Waals surface area contributed by atoms with E-state index in [2.05, 4.69) is 10.2 Å². The number of carbonyl (C=O) groups excluding carboxylic acids is 2. The lowest BCUT2D eigenvalue weighted by molar-refractivity contribution is -0.129. The Hall–Kier alpha value is -2.60. The van der Waals surface area contributed by atoms with E-state index in [9.17, 15) is 9.59 Å².